The highest BCUT2D eigenvalue weighted by Gasteiger charge is 2.17. The first-order valence-electron chi connectivity index (χ1n) is 3.67. The summed E-state index contributed by atoms with van der Waals surface area (Å²) >= 11 is 6.01. The third kappa shape index (κ3) is 1.64. The van der Waals surface area contributed by atoms with E-state index in [1.807, 2.05) is 24.3 Å². The molecule has 6 heteroatoms. The molecule has 0 radical (unpaired) electrons. The second-order valence-electron chi connectivity index (χ2n) is 2.62. The highest BCUT2D eigenvalue weighted by atomic mass is 35.5. The van der Waals surface area contributed by atoms with E-state index in [0.717, 1.165) is 21.4 Å². The van der Waals surface area contributed by atoms with Gasteiger partial charge in [-0.15, -0.1) is 11.3 Å². The summed E-state index contributed by atoms with van der Waals surface area (Å²) in [6, 6.07) is 8.90. The van der Waals surface area contributed by atoms with Gasteiger partial charge in [-0.05, 0) is 17.5 Å². The summed E-state index contributed by atoms with van der Waals surface area (Å²) in [7, 11) is -3.78. The Hall–Kier alpha value is -0.620. The number of fused-ring (bicyclic) bond motifs is 1. The molecule has 0 amide bonds. The number of hydrogen-bond acceptors (Lipinski definition) is 4. The van der Waals surface area contributed by atoms with Gasteiger partial charge in [-0.25, -0.2) is 0 Å². The molecular weight excluding hydrogens is 244 g/mol. The van der Waals surface area contributed by atoms with Gasteiger partial charge in [0.2, 0.25) is 0 Å². The average Bonchev–Trinajstić information content (AvgIpc) is 2.61. The fraction of sp³-hybridized carbons (Fsp3) is 0. The average molecular weight is 249 g/mol. The van der Waals surface area contributed by atoms with Crippen LogP contribution in [-0.2, 0) is 13.9 Å². The van der Waals surface area contributed by atoms with Gasteiger partial charge in [0.1, 0.15) is 4.21 Å². The molecule has 1 heterocycles. The zero-order valence-corrected chi connectivity index (χ0v) is 9.19. The second-order valence-corrected chi connectivity index (χ2v) is 5.81. The maximum atomic E-state index is 11.2. The number of halogens is 1. The highest BCUT2D eigenvalue weighted by molar-refractivity contribution is 7.89. The Balaban J connectivity index is 2.67. The summed E-state index contributed by atoms with van der Waals surface area (Å²) in [5.41, 5.74) is 0. The van der Waals surface area contributed by atoms with Gasteiger partial charge in [-0.2, -0.15) is 12.2 Å². The van der Waals surface area contributed by atoms with Crippen LogP contribution in [0.2, 0.25) is 0 Å². The monoisotopic (exact) mass is 248 g/mol. The van der Waals surface area contributed by atoms with Gasteiger partial charge < -0.3 is 0 Å². The number of thiophene rings is 1. The van der Waals surface area contributed by atoms with E-state index in [4.69, 9.17) is 11.9 Å². The summed E-state index contributed by atoms with van der Waals surface area (Å²) in [5.74, 6) is 0. The van der Waals surface area contributed by atoms with Crippen LogP contribution in [0.25, 0.3) is 10.1 Å². The summed E-state index contributed by atoms with van der Waals surface area (Å²) in [6.45, 7) is 0. The van der Waals surface area contributed by atoms with Crippen molar-refractivity contribution >= 4 is 43.4 Å². The summed E-state index contributed by atoms with van der Waals surface area (Å²) in [5, 5.41) is 0.866. The third-order valence-electron chi connectivity index (χ3n) is 1.73. The Kier molecular flexibility index (Phi) is 2.48. The van der Waals surface area contributed by atoms with E-state index < -0.39 is 10.1 Å². The summed E-state index contributed by atoms with van der Waals surface area (Å²) < 4.78 is 27.4. The van der Waals surface area contributed by atoms with Crippen LogP contribution in [0.3, 0.4) is 0 Å². The third-order valence-corrected chi connectivity index (χ3v) is 4.78. The van der Waals surface area contributed by atoms with Gasteiger partial charge in [0.05, 0.1) is 11.9 Å². The van der Waals surface area contributed by atoms with Gasteiger partial charge in [-0.1, -0.05) is 18.2 Å². The number of hydrogen-bond donors (Lipinski definition) is 0. The molecule has 0 unspecified atom stereocenters. The molecule has 0 saturated carbocycles. The molecule has 0 atom stereocenters. The van der Waals surface area contributed by atoms with Crippen molar-refractivity contribution in [1.29, 1.82) is 0 Å². The standard InChI is InChI=1S/C8H5ClO3S2/c9-12-14(10,11)8-5-6-3-1-2-4-7(6)13-8/h1-5H. The fourth-order valence-electron chi connectivity index (χ4n) is 1.11. The van der Waals surface area contributed by atoms with E-state index in [2.05, 4.69) is 3.74 Å². The lowest BCUT2D eigenvalue weighted by molar-refractivity contribution is 0.511. The smallest absolute Gasteiger partial charge is 0.192 e. The van der Waals surface area contributed by atoms with Crippen LogP contribution in [0.1, 0.15) is 0 Å². The molecule has 0 aliphatic heterocycles. The van der Waals surface area contributed by atoms with Crippen LogP contribution in [-0.4, -0.2) is 8.42 Å². The Labute approximate surface area is 90.2 Å². The van der Waals surface area contributed by atoms with Gasteiger partial charge in [0.25, 0.3) is 0 Å². The quantitative estimate of drug-likeness (QED) is 0.821. The van der Waals surface area contributed by atoms with Crippen molar-refractivity contribution in [2.45, 2.75) is 4.21 Å². The number of rotatable bonds is 2. The van der Waals surface area contributed by atoms with Crippen molar-refractivity contribution in [1.82, 2.24) is 0 Å². The highest BCUT2D eigenvalue weighted by Crippen LogP contribution is 2.29. The van der Waals surface area contributed by atoms with Crippen LogP contribution in [0.4, 0.5) is 0 Å². The lowest BCUT2D eigenvalue weighted by Gasteiger charge is -1.90. The molecule has 0 spiro atoms. The second kappa shape index (κ2) is 3.51. The Bertz CT molecular complexity index is 526. The normalized spacial score (nSPS) is 12.1. The maximum absolute atomic E-state index is 11.2. The van der Waals surface area contributed by atoms with Crippen LogP contribution < -0.4 is 0 Å². The van der Waals surface area contributed by atoms with E-state index in [1.165, 1.54) is 6.07 Å². The molecule has 2 aromatic rings. The summed E-state index contributed by atoms with van der Waals surface area (Å²) in [6.07, 6.45) is 0. The maximum Gasteiger partial charge on any atom is 0.322 e. The lowest BCUT2D eigenvalue weighted by atomic mass is 10.3. The van der Waals surface area contributed by atoms with Gasteiger partial charge >= 0.3 is 10.1 Å². The van der Waals surface area contributed by atoms with Crippen LogP contribution in [0, 0.1) is 0 Å². The van der Waals surface area contributed by atoms with Gasteiger partial charge in [0, 0.05) is 4.70 Å². The Morgan fingerprint density at radius 3 is 2.64 bits per heavy atom. The van der Waals surface area contributed by atoms with Crippen LogP contribution >= 0.6 is 23.2 Å². The summed E-state index contributed by atoms with van der Waals surface area (Å²) in [4.78, 5) is 0. The van der Waals surface area contributed by atoms with E-state index in [1.54, 1.807) is 0 Å². The minimum absolute atomic E-state index is 0.119. The largest absolute Gasteiger partial charge is 0.322 e. The van der Waals surface area contributed by atoms with E-state index in [-0.39, 0.29) is 4.21 Å². The lowest BCUT2D eigenvalue weighted by Crippen LogP contribution is -1.95. The van der Waals surface area contributed by atoms with E-state index in [0.29, 0.717) is 0 Å². The number of benzene rings is 1. The van der Waals surface area contributed by atoms with Gasteiger partial charge in [0.15, 0.2) is 0 Å². The molecule has 0 fully saturated rings. The molecule has 14 heavy (non-hydrogen) atoms. The van der Waals surface area contributed by atoms with Crippen molar-refractivity contribution < 1.29 is 12.2 Å². The van der Waals surface area contributed by atoms with Gasteiger partial charge in [-0.3, -0.25) is 0 Å². The first-order valence-corrected chi connectivity index (χ1v) is 6.20. The molecule has 1 aromatic carbocycles. The SMILES string of the molecule is O=S(=O)(OCl)c1cc2ccccc2s1. The van der Waals surface area contributed by atoms with E-state index in [9.17, 15) is 8.42 Å². The molecule has 0 N–H and O–H groups in total. The molecular formula is C8H5ClO3S2. The first kappa shape index (κ1) is 9.92. The van der Waals surface area contributed by atoms with Crippen LogP contribution in [0.5, 0.6) is 0 Å². The zero-order valence-electron chi connectivity index (χ0n) is 6.81. The van der Waals surface area contributed by atoms with Crippen molar-refractivity contribution in [3.05, 3.63) is 30.3 Å². The molecule has 3 nitrogen and oxygen atoms in total. The van der Waals surface area contributed by atoms with Crippen molar-refractivity contribution in [3.63, 3.8) is 0 Å². The predicted octanol–water partition coefficient (Wildman–Crippen LogP) is 2.76. The predicted molar refractivity (Wildman–Crippen MR) is 55.9 cm³/mol. The topological polar surface area (TPSA) is 43.4 Å². The molecule has 0 aliphatic carbocycles. The van der Waals surface area contributed by atoms with Crippen molar-refractivity contribution in [3.8, 4) is 0 Å². The molecule has 0 bridgehead atoms. The van der Waals surface area contributed by atoms with Crippen molar-refractivity contribution in [2.75, 3.05) is 0 Å². The fourth-order valence-corrected chi connectivity index (χ4v) is 3.33. The molecule has 74 valence electrons. The molecule has 1 aromatic heterocycles. The zero-order chi connectivity index (χ0) is 10.2. The minimum atomic E-state index is -3.78. The first-order chi connectivity index (χ1) is 6.63. The molecule has 0 saturated heterocycles. The minimum Gasteiger partial charge on any atom is -0.192 e. The van der Waals surface area contributed by atoms with Crippen LogP contribution in [0.15, 0.2) is 34.5 Å². The van der Waals surface area contributed by atoms with Crippen molar-refractivity contribution in [2.24, 2.45) is 0 Å². The Morgan fingerprint density at radius 1 is 1.29 bits per heavy atom. The molecule has 2 rings (SSSR count). The Morgan fingerprint density at radius 2 is 2.00 bits per heavy atom. The van der Waals surface area contributed by atoms with E-state index >= 15 is 0 Å². The molecule has 0 aliphatic rings.